The molecule has 136 valence electrons. The van der Waals surface area contributed by atoms with Gasteiger partial charge in [-0.05, 0) is 49.5 Å². The van der Waals surface area contributed by atoms with Gasteiger partial charge in [0.05, 0.1) is 6.54 Å². The number of ketones is 1. The van der Waals surface area contributed by atoms with Gasteiger partial charge in [0.1, 0.15) is 5.82 Å². The van der Waals surface area contributed by atoms with E-state index in [1.54, 1.807) is 30.3 Å². The lowest BCUT2D eigenvalue weighted by Gasteiger charge is -2.31. The highest BCUT2D eigenvalue weighted by atomic mass is 19.1. The Morgan fingerprint density at radius 2 is 1.69 bits per heavy atom. The van der Waals surface area contributed by atoms with E-state index in [4.69, 9.17) is 0 Å². The molecule has 0 radical (unpaired) electrons. The molecule has 2 aromatic rings. The molecule has 0 saturated carbocycles. The minimum absolute atomic E-state index is 0.0672. The van der Waals surface area contributed by atoms with Crippen LogP contribution in [0, 0.1) is 5.82 Å². The molecule has 1 heterocycles. The number of likely N-dealkylation sites (N-methyl/N-ethyl adjacent to an activating group) is 1. The van der Waals surface area contributed by atoms with Crippen LogP contribution >= 0.6 is 0 Å². The molecule has 1 aliphatic heterocycles. The van der Waals surface area contributed by atoms with E-state index in [2.05, 4.69) is 22.2 Å². The summed E-state index contributed by atoms with van der Waals surface area (Å²) < 4.78 is 13.2. The second kappa shape index (κ2) is 8.21. The first-order valence-electron chi connectivity index (χ1n) is 8.62. The van der Waals surface area contributed by atoms with Crippen LogP contribution in [-0.4, -0.2) is 61.3 Å². The third-order valence-electron chi connectivity index (χ3n) is 4.51. The van der Waals surface area contributed by atoms with E-state index in [1.807, 2.05) is 0 Å². The van der Waals surface area contributed by atoms with Gasteiger partial charge < -0.3 is 10.2 Å². The average Bonchev–Trinajstić information content (AvgIpc) is 2.64. The Morgan fingerprint density at radius 1 is 1.00 bits per heavy atom. The molecule has 6 heteroatoms. The van der Waals surface area contributed by atoms with E-state index >= 15 is 0 Å². The number of nitrogens with zero attached hydrogens (tertiary/aromatic N) is 2. The molecule has 26 heavy (non-hydrogen) atoms. The van der Waals surface area contributed by atoms with Crippen LogP contribution in [0.2, 0.25) is 0 Å². The van der Waals surface area contributed by atoms with Gasteiger partial charge in [0.15, 0.2) is 5.78 Å². The quantitative estimate of drug-likeness (QED) is 0.838. The van der Waals surface area contributed by atoms with Crippen molar-refractivity contribution in [2.45, 2.75) is 0 Å². The summed E-state index contributed by atoms with van der Waals surface area (Å²) in [7, 11) is 2.08. The van der Waals surface area contributed by atoms with Crippen LogP contribution in [0.3, 0.4) is 0 Å². The molecule has 5 nitrogen and oxygen atoms in total. The van der Waals surface area contributed by atoms with Crippen LogP contribution < -0.4 is 5.32 Å². The number of carbonyl (C=O) groups excluding carboxylic acids is 2. The highest BCUT2D eigenvalue weighted by Crippen LogP contribution is 2.13. The second-order valence-corrected chi connectivity index (χ2v) is 6.54. The molecule has 1 N–H and O–H groups in total. The molecule has 3 rings (SSSR count). The van der Waals surface area contributed by atoms with E-state index in [9.17, 15) is 14.0 Å². The lowest BCUT2D eigenvalue weighted by molar-refractivity contribution is 0.0876. The van der Waals surface area contributed by atoms with Gasteiger partial charge in [-0.2, -0.15) is 0 Å². The van der Waals surface area contributed by atoms with Crippen molar-refractivity contribution in [3.05, 3.63) is 65.5 Å². The van der Waals surface area contributed by atoms with Gasteiger partial charge in [-0.1, -0.05) is 6.07 Å². The number of hydrogen-bond donors (Lipinski definition) is 1. The molecule has 0 aromatic heterocycles. The molecule has 0 spiro atoms. The third-order valence-corrected chi connectivity index (χ3v) is 4.51. The van der Waals surface area contributed by atoms with Crippen molar-refractivity contribution >= 4 is 17.4 Å². The predicted molar refractivity (Wildman–Crippen MR) is 99.1 cm³/mol. The maximum Gasteiger partial charge on any atom is 0.255 e. The Morgan fingerprint density at radius 3 is 2.35 bits per heavy atom. The molecule has 0 atom stereocenters. The van der Waals surface area contributed by atoms with Crippen molar-refractivity contribution in [1.82, 2.24) is 9.80 Å². The van der Waals surface area contributed by atoms with E-state index in [-0.39, 0.29) is 17.3 Å². The number of benzene rings is 2. The van der Waals surface area contributed by atoms with Gasteiger partial charge in [0.25, 0.3) is 5.91 Å². The van der Waals surface area contributed by atoms with Gasteiger partial charge in [-0.15, -0.1) is 0 Å². The number of nitrogens with one attached hydrogen (secondary N) is 1. The summed E-state index contributed by atoms with van der Waals surface area (Å²) in [5.41, 5.74) is 1.43. The molecular formula is C20H22FN3O2. The zero-order valence-electron chi connectivity index (χ0n) is 14.7. The number of piperazine rings is 1. The smallest absolute Gasteiger partial charge is 0.255 e. The fraction of sp³-hybridized carbons (Fsp3) is 0.300. The highest BCUT2D eigenvalue weighted by molar-refractivity contribution is 6.04. The molecule has 1 amide bonds. The molecular weight excluding hydrogens is 333 g/mol. The minimum Gasteiger partial charge on any atom is -0.322 e. The zero-order valence-corrected chi connectivity index (χ0v) is 14.7. The first-order valence-corrected chi connectivity index (χ1v) is 8.62. The summed E-state index contributed by atoms with van der Waals surface area (Å²) in [5.74, 6) is -0.777. The number of hydrogen-bond acceptors (Lipinski definition) is 4. The lowest BCUT2D eigenvalue weighted by atomic mass is 10.1. The molecule has 1 aliphatic rings. The largest absolute Gasteiger partial charge is 0.322 e. The zero-order chi connectivity index (χ0) is 18.5. The van der Waals surface area contributed by atoms with Crippen LogP contribution in [0.4, 0.5) is 10.1 Å². The first-order chi connectivity index (χ1) is 12.5. The molecule has 1 fully saturated rings. The Balaban J connectivity index is 1.57. The Labute approximate surface area is 152 Å². The fourth-order valence-electron chi connectivity index (χ4n) is 2.87. The summed E-state index contributed by atoms with van der Waals surface area (Å²) in [6, 6.07) is 12.3. The van der Waals surface area contributed by atoms with Crippen LogP contribution in [0.15, 0.2) is 48.5 Å². The van der Waals surface area contributed by atoms with Gasteiger partial charge in [-0.3, -0.25) is 14.5 Å². The third kappa shape index (κ3) is 4.74. The number of carbonyl (C=O) groups is 2. The van der Waals surface area contributed by atoms with E-state index in [1.165, 1.54) is 18.2 Å². The maximum atomic E-state index is 13.2. The number of halogens is 1. The lowest BCUT2D eigenvalue weighted by Crippen LogP contribution is -2.46. The number of amides is 1. The predicted octanol–water partition coefficient (Wildman–Crippen LogP) is 2.51. The van der Waals surface area contributed by atoms with Crippen molar-refractivity contribution in [1.29, 1.82) is 0 Å². The van der Waals surface area contributed by atoms with Crippen molar-refractivity contribution in [3.8, 4) is 0 Å². The summed E-state index contributed by atoms with van der Waals surface area (Å²) in [5, 5.41) is 2.70. The fourth-order valence-corrected chi connectivity index (χ4v) is 2.87. The molecule has 1 saturated heterocycles. The molecule has 0 aliphatic carbocycles. The number of rotatable bonds is 5. The number of Topliss-reactive ketones (excluding diaryl/α,β-unsaturated/α-hetero) is 1. The van der Waals surface area contributed by atoms with Crippen LogP contribution in [0.5, 0.6) is 0 Å². The summed E-state index contributed by atoms with van der Waals surface area (Å²) in [4.78, 5) is 28.9. The standard InChI is InChI=1S/C20H22FN3O2/c1-23-9-11-24(12-10-23)14-19(25)15-5-7-18(8-6-15)22-20(26)16-3-2-4-17(21)13-16/h2-8,13H,9-12,14H2,1H3,(H,22,26). The second-order valence-electron chi connectivity index (χ2n) is 6.54. The normalized spacial score (nSPS) is 15.6. The Kier molecular flexibility index (Phi) is 5.75. The van der Waals surface area contributed by atoms with Gasteiger partial charge in [-0.25, -0.2) is 4.39 Å². The minimum atomic E-state index is -0.456. The molecule has 2 aromatic carbocycles. The van der Waals surface area contributed by atoms with Crippen LogP contribution in [0.25, 0.3) is 0 Å². The average molecular weight is 355 g/mol. The summed E-state index contributed by atoms with van der Waals surface area (Å²) in [6.45, 7) is 4.13. The van der Waals surface area contributed by atoms with Crippen molar-refractivity contribution in [3.63, 3.8) is 0 Å². The Hall–Kier alpha value is -2.57. The highest BCUT2D eigenvalue weighted by Gasteiger charge is 2.17. The first kappa shape index (κ1) is 18.2. The summed E-state index contributed by atoms with van der Waals surface area (Å²) >= 11 is 0. The maximum absolute atomic E-state index is 13.2. The van der Waals surface area contributed by atoms with E-state index in [0.29, 0.717) is 17.8 Å². The van der Waals surface area contributed by atoms with Crippen molar-refractivity contribution in [2.24, 2.45) is 0 Å². The molecule has 0 unspecified atom stereocenters. The molecule has 0 bridgehead atoms. The van der Waals surface area contributed by atoms with Crippen molar-refractivity contribution < 1.29 is 14.0 Å². The van der Waals surface area contributed by atoms with Gasteiger partial charge >= 0.3 is 0 Å². The monoisotopic (exact) mass is 355 g/mol. The van der Waals surface area contributed by atoms with E-state index < -0.39 is 5.82 Å². The van der Waals surface area contributed by atoms with Gasteiger partial charge in [0.2, 0.25) is 0 Å². The van der Waals surface area contributed by atoms with Crippen LogP contribution in [-0.2, 0) is 0 Å². The topological polar surface area (TPSA) is 52.6 Å². The van der Waals surface area contributed by atoms with E-state index in [0.717, 1.165) is 26.2 Å². The van der Waals surface area contributed by atoms with Crippen molar-refractivity contribution in [2.75, 3.05) is 45.1 Å². The van der Waals surface area contributed by atoms with Gasteiger partial charge in [0, 0.05) is 43.0 Å². The summed E-state index contributed by atoms with van der Waals surface area (Å²) in [6.07, 6.45) is 0. The van der Waals surface area contributed by atoms with Crippen LogP contribution in [0.1, 0.15) is 20.7 Å². The SMILES string of the molecule is CN1CCN(CC(=O)c2ccc(NC(=O)c3cccc(F)c3)cc2)CC1. The number of anilines is 1. The Bertz CT molecular complexity index is 784.